The van der Waals surface area contributed by atoms with Crippen LogP contribution in [0.25, 0.3) is 11.3 Å². The normalized spacial score (nSPS) is 13.3. The third-order valence-electron chi connectivity index (χ3n) is 4.48. The van der Waals surface area contributed by atoms with Crippen LogP contribution in [0, 0.1) is 11.3 Å². The molecule has 1 aromatic carbocycles. The van der Waals surface area contributed by atoms with E-state index in [4.69, 9.17) is 10.2 Å². The van der Waals surface area contributed by atoms with Gasteiger partial charge in [-0.3, -0.25) is 10.1 Å². The number of nitrogens with one attached hydrogen (secondary N) is 1. The third kappa shape index (κ3) is 3.48. The molecule has 1 amide bonds. The van der Waals surface area contributed by atoms with Gasteiger partial charge in [-0.15, -0.1) is 0 Å². The predicted octanol–water partition coefficient (Wildman–Crippen LogP) is 2.45. The number of carbonyl (C=O) groups is 1. The molecule has 3 N–H and O–H groups in total. The number of amides is 1. The molecule has 0 bridgehead atoms. The fourth-order valence-electron chi connectivity index (χ4n) is 3.14. The van der Waals surface area contributed by atoms with E-state index in [1.54, 1.807) is 12.3 Å². The van der Waals surface area contributed by atoms with Gasteiger partial charge >= 0.3 is 6.01 Å². The van der Waals surface area contributed by atoms with E-state index >= 15 is 0 Å². The highest BCUT2D eigenvalue weighted by molar-refractivity contribution is 5.89. The summed E-state index contributed by atoms with van der Waals surface area (Å²) in [6, 6.07) is 9.83. The van der Waals surface area contributed by atoms with E-state index in [2.05, 4.69) is 31.2 Å². The molecule has 1 aliphatic heterocycles. The highest BCUT2D eigenvalue weighted by Gasteiger charge is 2.17. The van der Waals surface area contributed by atoms with Gasteiger partial charge in [0.25, 0.3) is 5.91 Å². The fourth-order valence-corrected chi connectivity index (χ4v) is 3.14. The van der Waals surface area contributed by atoms with Crippen LogP contribution in [0.5, 0.6) is 0 Å². The zero-order valence-electron chi connectivity index (χ0n) is 14.9. The van der Waals surface area contributed by atoms with E-state index in [1.165, 1.54) is 6.20 Å². The van der Waals surface area contributed by atoms with Crippen molar-refractivity contribution in [3.05, 3.63) is 48.0 Å². The first-order valence-electron chi connectivity index (χ1n) is 8.79. The molecule has 0 atom stereocenters. The minimum Gasteiger partial charge on any atom is -0.418 e. The van der Waals surface area contributed by atoms with Gasteiger partial charge in [0.2, 0.25) is 11.7 Å². The van der Waals surface area contributed by atoms with Gasteiger partial charge in [-0.1, -0.05) is 6.07 Å². The Morgan fingerprint density at radius 1 is 1.25 bits per heavy atom. The number of oxazole rings is 1. The second kappa shape index (κ2) is 7.36. The first-order chi connectivity index (χ1) is 13.6. The van der Waals surface area contributed by atoms with Crippen LogP contribution in [0.15, 0.2) is 41.1 Å². The first kappa shape index (κ1) is 17.5. The molecule has 9 heteroatoms. The molecule has 1 saturated heterocycles. The largest absolute Gasteiger partial charge is 0.418 e. The molecule has 140 valence electrons. The average Bonchev–Trinajstić information content (AvgIpc) is 3.40. The number of anilines is 3. The third-order valence-corrected chi connectivity index (χ3v) is 4.48. The van der Waals surface area contributed by atoms with Gasteiger partial charge in [0.1, 0.15) is 6.07 Å². The van der Waals surface area contributed by atoms with Crippen molar-refractivity contribution in [2.24, 2.45) is 5.73 Å². The number of hydrogen-bond donors (Lipinski definition) is 2. The van der Waals surface area contributed by atoms with Gasteiger partial charge in [0, 0.05) is 24.8 Å². The highest BCUT2D eigenvalue weighted by Crippen LogP contribution is 2.29. The molecule has 0 spiro atoms. The van der Waals surface area contributed by atoms with Crippen molar-refractivity contribution >= 4 is 23.6 Å². The lowest BCUT2D eigenvalue weighted by molar-refractivity contribution is 0.0975. The summed E-state index contributed by atoms with van der Waals surface area (Å²) in [5, 5.41) is 12.4. The smallest absolute Gasteiger partial charge is 0.302 e. The maximum atomic E-state index is 11.1. The Balaban J connectivity index is 1.60. The molecular formula is C19H17N7O2. The van der Waals surface area contributed by atoms with Crippen LogP contribution >= 0.6 is 0 Å². The standard InChI is InChI=1S/C19H17N7O2/c20-10-13-9-12(3-4-15(13)26-7-1-2-8-26)14-5-6-22-18(24-14)25-19-23-11-16(28-19)17(21)27/h3-6,9,11H,1-2,7-8H2,(H2,21,27)(H,22,23,24,25). The Bertz CT molecular complexity index is 1060. The van der Waals surface area contributed by atoms with Gasteiger partial charge in [0.15, 0.2) is 0 Å². The minimum absolute atomic E-state index is 0.0604. The van der Waals surface area contributed by atoms with Crippen molar-refractivity contribution in [3.8, 4) is 17.3 Å². The van der Waals surface area contributed by atoms with Gasteiger partial charge in [0.05, 0.1) is 23.1 Å². The van der Waals surface area contributed by atoms with E-state index in [0.717, 1.165) is 37.2 Å². The summed E-state index contributed by atoms with van der Waals surface area (Å²) < 4.78 is 5.18. The summed E-state index contributed by atoms with van der Waals surface area (Å²) >= 11 is 0. The maximum Gasteiger partial charge on any atom is 0.302 e. The zero-order valence-corrected chi connectivity index (χ0v) is 14.9. The lowest BCUT2D eigenvalue weighted by Crippen LogP contribution is -2.18. The molecule has 9 nitrogen and oxygen atoms in total. The van der Waals surface area contributed by atoms with Crippen LogP contribution < -0.4 is 16.0 Å². The number of nitrogens with two attached hydrogens (primary N) is 1. The Morgan fingerprint density at radius 3 is 2.79 bits per heavy atom. The SMILES string of the molecule is N#Cc1cc(-c2ccnc(Nc3ncc(C(N)=O)o3)n2)ccc1N1CCCC1. The molecule has 1 aliphatic rings. The predicted molar refractivity (Wildman–Crippen MR) is 102 cm³/mol. The number of rotatable bonds is 5. The van der Waals surface area contributed by atoms with Crippen molar-refractivity contribution in [1.29, 1.82) is 5.26 Å². The molecule has 2 aromatic heterocycles. The van der Waals surface area contributed by atoms with Crippen LogP contribution in [0.2, 0.25) is 0 Å². The monoisotopic (exact) mass is 375 g/mol. The van der Waals surface area contributed by atoms with Gasteiger partial charge in [-0.05, 0) is 31.0 Å². The van der Waals surface area contributed by atoms with E-state index in [1.807, 2.05) is 18.2 Å². The van der Waals surface area contributed by atoms with E-state index < -0.39 is 5.91 Å². The number of primary amides is 1. The van der Waals surface area contributed by atoms with E-state index in [9.17, 15) is 10.1 Å². The van der Waals surface area contributed by atoms with E-state index in [0.29, 0.717) is 11.3 Å². The van der Waals surface area contributed by atoms with Crippen LogP contribution in [-0.2, 0) is 0 Å². The topological polar surface area (TPSA) is 134 Å². The van der Waals surface area contributed by atoms with Crippen molar-refractivity contribution in [2.45, 2.75) is 12.8 Å². The summed E-state index contributed by atoms with van der Waals surface area (Å²) in [7, 11) is 0. The second-order valence-corrected chi connectivity index (χ2v) is 6.32. The molecule has 0 saturated carbocycles. The average molecular weight is 375 g/mol. The summed E-state index contributed by atoms with van der Waals surface area (Å²) in [6.07, 6.45) is 5.10. The molecule has 0 aliphatic carbocycles. The van der Waals surface area contributed by atoms with Crippen molar-refractivity contribution in [3.63, 3.8) is 0 Å². The Morgan fingerprint density at radius 2 is 2.07 bits per heavy atom. The quantitative estimate of drug-likeness (QED) is 0.694. The van der Waals surface area contributed by atoms with Crippen molar-refractivity contribution < 1.29 is 9.21 Å². The number of nitrogens with zero attached hydrogens (tertiary/aromatic N) is 5. The molecule has 0 unspecified atom stereocenters. The summed E-state index contributed by atoms with van der Waals surface area (Å²) in [5.74, 6) is -0.523. The molecule has 1 fully saturated rings. The summed E-state index contributed by atoms with van der Waals surface area (Å²) in [6.45, 7) is 1.94. The lowest BCUT2D eigenvalue weighted by Gasteiger charge is -2.19. The number of benzene rings is 1. The Kier molecular flexibility index (Phi) is 4.60. The number of carbonyl (C=O) groups excluding carboxylic acids is 1. The maximum absolute atomic E-state index is 11.1. The van der Waals surface area contributed by atoms with Crippen LogP contribution in [0.1, 0.15) is 29.0 Å². The zero-order chi connectivity index (χ0) is 19.5. The van der Waals surface area contributed by atoms with Crippen LogP contribution in [0.4, 0.5) is 17.7 Å². The number of nitriles is 1. The second-order valence-electron chi connectivity index (χ2n) is 6.32. The van der Waals surface area contributed by atoms with Crippen molar-refractivity contribution in [2.75, 3.05) is 23.3 Å². The lowest BCUT2D eigenvalue weighted by atomic mass is 10.1. The molecule has 3 heterocycles. The van der Waals surface area contributed by atoms with Gasteiger partial charge in [-0.2, -0.15) is 5.26 Å². The van der Waals surface area contributed by atoms with E-state index in [-0.39, 0.29) is 17.7 Å². The summed E-state index contributed by atoms with van der Waals surface area (Å²) in [5.41, 5.74) is 8.16. The Hall–Kier alpha value is -3.93. The Labute approximate surface area is 160 Å². The van der Waals surface area contributed by atoms with Crippen molar-refractivity contribution in [1.82, 2.24) is 15.0 Å². The molecular weight excluding hydrogens is 358 g/mol. The highest BCUT2D eigenvalue weighted by atomic mass is 16.4. The molecule has 4 rings (SSSR count). The number of hydrogen-bond acceptors (Lipinski definition) is 8. The number of aromatic nitrogens is 3. The minimum atomic E-state index is -0.711. The molecule has 0 radical (unpaired) electrons. The summed E-state index contributed by atoms with van der Waals surface area (Å²) in [4.78, 5) is 25.8. The van der Waals surface area contributed by atoms with Crippen LogP contribution in [-0.4, -0.2) is 33.9 Å². The van der Waals surface area contributed by atoms with Gasteiger partial charge in [-0.25, -0.2) is 15.0 Å². The molecule has 3 aromatic rings. The molecule has 28 heavy (non-hydrogen) atoms. The van der Waals surface area contributed by atoms with Gasteiger partial charge < -0.3 is 15.1 Å². The fraction of sp³-hybridized carbons (Fsp3) is 0.211. The first-order valence-corrected chi connectivity index (χ1v) is 8.79. The van der Waals surface area contributed by atoms with Crippen LogP contribution in [0.3, 0.4) is 0 Å².